The van der Waals surface area contributed by atoms with Gasteiger partial charge < -0.3 is 15.4 Å². The summed E-state index contributed by atoms with van der Waals surface area (Å²) >= 11 is 0. The second kappa shape index (κ2) is 8.00. The highest BCUT2D eigenvalue weighted by Gasteiger charge is 2.14. The van der Waals surface area contributed by atoms with Gasteiger partial charge in [-0.2, -0.15) is 0 Å². The molecule has 0 atom stereocenters. The van der Waals surface area contributed by atoms with Crippen LogP contribution in [0.5, 0.6) is 0 Å². The molecule has 0 aliphatic carbocycles. The highest BCUT2D eigenvalue weighted by molar-refractivity contribution is 5.67. The zero-order chi connectivity index (χ0) is 12.4. The number of hydrogen-bond donors (Lipinski definition) is 2. The molecule has 0 saturated carbocycles. The first-order chi connectivity index (χ1) is 7.45. The average molecular weight is 226 g/mol. The van der Waals surface area contributed by atoms with Crippen molar-refractivity contribution in [2.45, 2.75) is 39.7 Å². The highest BCUT2D eigenvalue weighted by atomic mass is 16.6. The minimum atomic E-state index is -0.458. The summed E-state index contributed by atoms with van der Waals surface area (Å²) in [5, 5.41) is 5.71. The predicted octanol–water partition coefficient (Wildman–Crippen LogP) is 1.51. The molecule has 0 rings (SSSR count). The second-order valence-electron chi connectivity index (χ2n) is 4.39. The summed E-state index contributed by atoms with van der Waals surface area (Å²) in [5.41, 5.74) is -0.458. The molecule has 0 bridgehead atoms. The van der Waals surface area contributed by atoms with E-state index in [-0.39, 0.29) is 0 Å². The Morgan fingerprint density at radius 1 is 1.25 bits per heavy atom. The van der Waals surface area contributed by atoms with Gasteiger partial charge in [0.2, 0.25) is 0 Å². The molecule has 0 unspecified atom stereocenters. The van der Waals surface area contributed by atoms with Gasteiger partial charge in [0, 0.05) is 0 Å². The zero-order valence-corrected chi connectivity index (χ0v) is 10.6. The lowest BCUT2D eigenvalue weighted by Gasteiger charge is -2.18. The molecule has 4 nitrogen and oxygen atoms in total. The van der Waals surface area contributed by atoms with Gasteiger partial charge in [-0.1, -0.05) is 18.8 Å². The maximum absolute atomic E-state index is 11.2. The van der Waals surface area contributed by atoms with E-state index in [9.17, 15) is 4.79 Å². The standard InChI is InChI=1S/C12H22N2O2/c1-5-8-13-9-6-7-10-14-11(15)16-12(2,3)4/h13H,5,8-10H2,1-4H3,(H,14,15). The maximum Gasteiger partial charge on any atom is 0.408 e. The Bertz CT molecular complexity index is 258. The van der Waals surface area contributed by atoms with Crippen LogP contribution < -0.4 is 10.6 Å². The molecule has 4 heteroatoms. The van der Waals surface area contributed by atoms with Crippen LogP contribution in [-0.2, 0) is 4.74 Å². The van der Waals surface area contributed by atoms with E-state index in [1.54, 1.807) is 0 Å². The monoisotopic (exact) mass is 226 g/mol. The van der Waals surface area contributed by atoms with Crippen LogP contribution in [-0.4, -0.2) is 31.3 Å². The van der Waals surface area contributed by atoms with Crippen LogP contribution in [0.3, 0.4) is 0 Å². The van der Waals surface area contributed by atoms with Crippen molar-refractivity contribution in [1.29, 1.82) is 0 Å². The van der Waals surface area contributed by atoms with Crippen molar-refractivity contribution in [2.24, 2.45) is 0 Å². The van der Waals surface area contributed by atoms with Crippen molar-refractivity contribution < 1.29 is 9.53 Å². The van der Waals surface area contributed by atoms with E-state index in [1.807, 2.05) is 20.8 Å². The third kappa shape index (κ3) is 10.9. The molecular weight excluding hydrogens is 204 g/mol. The van der Waals surface area contributed by atoms with Gasteiger partial charge in [-0.15, -0.1) is 0 Å². The topological polar surface area (TPSA) is 50.4 Å². The van der Waals surface area contributed by atoms with Crippen LogP contribution >= 0.6 is 0 Å². The predicted molar refractivity (Wildman–Crippen MR) is 65.2 cm³/mol. The molecule has 2 N–H and O–H groups in total. The number of hydrogen-bond acceptors (Lipinski definition) is 3. The van der Waals surface area contributed by atoms with Crippen LogP contribution in [0.4, 0.5) is 4.79 Å². The molecule has 1 amide bonds. The number of amides is 1. The minimum Gasteiger partial charge on any atom is -0.444 e. The highest BCUT2D eigenvalue weighted by Crippen LogP contribution is 2.05. The number of alkyl carbamates (subject to hydrolysis) is 1. The van der Waals surface area contributed by atoms with Gasteiger partial charge in [0.1, 0.15) is 5.60 Å². The third-order valence-electron chi connectivity index (χ3n) is 1.49. The van der Waals surface area contributed by atoms with E-state index in [0.29, 0.717) is 13.1 Å². The zero-order valence-electron chi connectivity index (χ0n) is 10.6. The molecule has 0 saturated heterocycles. The molecule has 0 aromatic carbocycles. The molecule has 0 aliphatic heterocycles. The molecule has 0 aliphatic rings. The lowest BCUT2D eigenvalue weighted by Crippen LogP contribution is -2.32. The van der Waals surface area contributed by atoms with Gasteiger partial charge in [0.15, 0.2) is 0 Å². The van der Waals surface area contributed by atoms with Gasteiger partial charge in [-0.05, 0) is 33.7 Å². The Hall–Kier alpha value is -1.21. The van der Waals surface area contributed by atoms with Crippen molar-refractivity contribution >= 4 is 6.09 Å². The molecule has 92 valence electrons. The summed E-state index contributed by atoms with van der Waals surface area (Å²) in [5.74, 6) is 5.74. The summed E-state index contributed by atoms with van der Waals surface area (Å²) in [6.45, 7) is 9.53. The van der Waals surface area contributed by atoms with Gasteiger partial charge in [0.25, 0.3) is 0 Å². The maximum atomic E-state index is 11.2. The lowest BCUT2D eigenvalue weighted by molar-refractivity contribution is 0.0535. The van der Waals surface area contributed by atoms with Crippen molar-refractivity contribution in [3.05, 3.63) is 0 Å². The van der Waals surface area contributed by atoms with E-state index in [2.05, 4.69) is 29.4 Å². The van der Waals surface area contributed by atoms with Crippen molar-refractivity contribution in [3.63, 3.8) is 0 Å². The van der Waals surface area contributed by atoms with Gasteiger partial charge >= 0.3 is 6.09 Å². The Balaban J connectivity index is 3.54. The molecule has 0 heterocycles. The Kier molecular flexibility index (Phi) is 7.40. The summed E-state index contributed by atoms with van der Waals surface area (Å²) in [7, 11) is 0. The van der Waals surface area contributed by atoms with Crippen LogP contribution in [0, 0.1) is 11.8 Å². The Morgan fingerprint density at radius 2 is 1.88 bits per heavy atom. The fourth-order valence-electron chi connectivity index (χ4n) is 0.883. The molecule has 16 heavy (non-hydrogen) atoms. The van der Waals surface area contributed by atoms with Crippen LogP contribution in [0.15, 0.2) is 0 Å². The van der Waals surface area contributed by atoms with Crippen LogP contribution in [0.2, 0.25) is 0 Å². The first-order valence-electron chi connectivity index (χ1n) is 5.59. The third-order valence-corrected chi connectivity index (χ3v) is 1.49. The van der Waals surface area contributed by atoms with Gasteiger partial charge in [-0.3, -0.25) is 0 Å². The minimum absolute atomic E-state index is 0.322. The lowest BCUT2D eigenvalue weighted by atomic mass is 10.2. The fraction of sp³-hybridized carbons (Fsp3) is 0.750. The molecular formula is C12H22N2O2. The Labute approximate surface area is 98.1 Å². The number of carbonyl (C=O) groups excluding carboxylic acids is 1. The number of ether oxygens (including phenoxy) is 1. The van der Waals surface area contributed by atoms with Crippen molar-refractivity contribution in [3.8, 4) is 11.8 Å². The fourth-order valence-corrected chi connectivity index (χ4v) is 0.883. The quantitative estimate of drug-likeness (QED) is 0.564. The number of carbonyl (C=O) groups is 1. The first kappa shape index (κ1) is 14.8. The van der Waals surface area contributed by atoms with Gasteiger partial charge in [0.05, 0.1) is 13.1 Å². The van der Waals surface area contributed by atoms with E-state index < -0.39 is 11.7 Å². The normalized spacial score (nSPS) is 10.2. The van der Waals surface area contributed by atoms with E-state index in [1.165, 1.54) is 0 Å². The number of rotatable bonds is 4. The number of nitrogens with one attached hydrogen (secondary N) is 2. The van der Waals surface area contributed by atoms with E-state index in [4.69, 9.17) is 4.74 Å². The van der Waals surface area contributed by atoms with Crippen LogP contribution in [0.25, 0.3) is 0 Å². The second-order valence-corrected chi connectivity index (χ2v) is 4.39. The van der Waals surface area contributed by atoms with Gasteiger partial charge in [-0.25, -0.2) is 4.79 Å². The van der Waals surface area contributed by atoms with Crippen molar-refractivity contribution in [1.82, 2.24) is 10.6 Å². The van der Waals surface area contributed by atoms with Crippen LogP contribution in [0.1, 0.15) is 34.1 Å². The summed E-state index contributed by atoms with van der Waals surface area (Å²) in [6, 6.07) is 0. The molecule has 0 aromatic heterocycles. The molecule has 0 spiro atoms. The average Bonchev–Trinajstić information content (AvgIpc) is 2.13. The summed E-state index contributed by atoms with van der Waals surface area (Å²) in [6.07, 6.45) is 0.668. The summed E-state index contributed by atoms with van der Waals surface area (Å²) < 4.78 is 5.05. The molecule has 0 aromatic rings. The molecule has 0 radical (unpaired) electrons. The first-order valence-corrected chi connectivity index (χ1v) is 5.59. The SMILES string of the molecule is CCCNCC#CCNC(=O)OC(C)(C)C. The largest absolute Gasteiger partial charge is 0.444 e. The Morgan fingerprint density at radius 3 is 2.44 bits per heavy atom. The smallest absolute Gasteiger partial charge is 0.408 e. The molecule has 0 fully saturated rings. The van der Waals surface area contributed by atoms with E-state index in [0.717, 1.165) is 13.0 Å². The van der Waals surface area contributed by atoms with Crippen molar-refractivity contribution in [2.75, 3.05) is 19.6 Å². The van der Waals surface area contributed by atoms with E-state index >= 15 is 0 Å². The summed E-state index contributed by atoms with van der Waals surface area (Å²) in [4.78, 5) is 11.2.